The Hall–Kier alpha value is -2.11. The van der Waals surface area contributed by atoms with Crippen molar-refractivity contribution in [3.63, 3.8) is 0 Å². The maximum atomic E-state index is 12.1. The molecule has 0 spiro atoms. The zero-order chi connectivity index (χ0) is 32.2. The maximum Gasteiger partial charge on any atom is 0.217 e. The molecule has 3 fully saturated rings. The highest BCUT2D eigenvalue weighted by Crippen LogP contribution is 2.32. The van der Waals surface area contributed by atoms with E-state index in [1.54, 1.807) is 0 Å². The van der Waals surface area contributed by atoms with E-state index in [1.165, 1.54) is 0 Å². The average Bonchev–Trinajstić information content (AvgIpc) is 2.94. The lowest BCUT2D eigenvalue weighted by Crippen LogP contribution is -2.71. The third kappa shape index (κ3) is 8.14. The van der Waals surface area contributed by atoms with Crippen molar-refractivity contribution in [1.29, 1.82) is 0 Å². The highest BCUT2D eigenvalue weighted by molar-refractivity contribution is 5.74. The third-order valence-corrected chi connectivity index (χ3v) is 7.30. The van der Waals surface area contributed by atoms with Gasteiger partial charge in [0.25, 0.3) is 0 Å². The monoisotopic (exact) mass is 627 g/mol. The Bertz CT molecular complexity index is 962. The van der Waals surface area contributed by atoms with E-state index in [9.17, 15) is 55.2 Å². The van der Waals surface area contributed by atoms with Crippen molar-refractivity contribution in [3.05, 3.63) is 0 Å². The Balaban J connectivity index is 1.89. The number of carbonyl (C=O) groups excluding carboxylic acids is 3. The Labute approximate surface area is 245 Å². The van der Waals surface area contributed by atoms with Crippen LogP contribution in [0.25, 0.3) is 0 Å². The van der Waals surface area contributed by atoms with Crippen molar-refractivity contribution in [2.45, 2.75) is 113 Å². The van der Waals surface area contributed by atoms with Crippen LogP contribution in [0.15, 0.2) is 0 Å². The number of aliphatic hydroxyl groups is 8. The van der Waals surface area contributed by atoms with E-state index in [4.69, 9.17) is 23.7 Å². The summed E-state index contributed by atoms with van der Waals surface area (Å²) in [7, 11) is 0. The molecule has 3 saturated heterocycles. The van der Waals surface area contributed by atoms with E-state index in [2.05, 4.69) is 16.0 Å². The maximum absolute atomic E-state index is 12.1. The molecule has 11 N–H and O–H groups in total. The number of rotatable bonds is 10. The quantitative estimate of drug-likeness (QED) is 0.107. The van der Waals surface area contributed by atoms with Crippen molar-refractivity contribution in [1.82, 2.24) is 16.0 Å². The molecule has 0 aromatic heterocycles. The van der Waals surface area contributed by atoms with E-state index in [0.717, 1.165) is 20.8 Å². The topological polar surface area (TPSA) is 295 Å². The Kier molecular flexibility index (Phi) is 12.5. The summed E-state index contributed by atoms with van der Waals surface area (Å²) in [6.07, 6.45) is -19.0. The normalized spacial score (nSPS) is 43.5. The van der Waals surface area contributed by atoms with Gasteiger partial charge in [0.05, 0.1) is 19.8 Å². The number of nitrogens with one attached hydrogen (secondary N) is 3. The highest BCUT2D eigenvalue weighted by Gasteiger charge is 2.54. The number of carbonyl (C=O) groups is 3. The summed E-state index contributed by atoms with van der Waals surface area (Å²) in [6, 6.07) is -4.31. The van der Waals surface area contributed by atoms with Crippen LogP contribution >= 0.6 is 0 Å². The van der Waals surface area contributed by atoms with Gasteiger partial charge in [0, 0.05) is 20.8 Å². The van der Waals surface area contributed by atoms with E-state index < -0.39 is 129 Å². The van der Waals surface area contributed by atoms with Crippen LogP contribution in [0.4, 0.5) is 0 Å². The van der Waals surface area contributed by atoms with E-state index in [0.29, 0.717) is 0 Å². The highest BCUT2D eigenvalue weighted by atomic mass is 16.7. The predicted molar refractivity (Wildman–Crippen MR) is 136 cm³/mol. The molecule has 0 aliphatic carbocycles. The summed E-state index contributed by atoms with van der Waals surface area (Å²) in [5.74, 6) is -1.96. The van der Waals surface area contributed by atoms with Gasteiger partial charge in [-0.25, -0.2) is 0 Å². The van der Waals surface area contributed by atoms with Crippen molar-refractivity contribution in [3.8, 4) is 0 Å². The fourth-order valence-corrected chi connectivity index (χ4v) is 5.28. The molecule has 3 amide bonds. The van der Waals surface area contributed by atoms with Gasteiger partial charge in [-0.2, -0.15) is 0 Å². The first-order valence-corrected chi connectivity index (χ1v) is 13.5. The lowest BCUT2D eigenvalue weighted by atomic mass is 9.93. The summed E-state index contributed by atoms with van der Waals surface area (Å²) in [5, 5.41) is 90.0. The van der Waals surface area contributed by atoms with Crippen LogP contribution in [0.3, 0.4) is 0 Å². The lowest BCUT2D eigenvalue weighted by molar-refractivity contribution is -0.351. The molecule has 3 rings (SSSR count). The summed E-state index contributed by atoms with van der Waals surface area (Å²) >= 11 is 0. The molecule has 0 unspecified atom stereocenters. The molecule has 19 nitrogen and oxygen atoms in total. The fourth-order valence-electron chi connectivity index (χ4n) is 5.28. The molecule has 0 radical (unpaired) electrons. The van der Waals surface area contributed by atoms with Gasteiger partial charge in [0.2, 0.25) is 17.7 Å². The van der Waals surface area contributed by atoms with E-state index in [1.807, 2.05) is 0 Å². The lowest BCUT2D eigenvalue weighted by Gasteiger charge is -2.49. The summed E-state index contributed by atoms with van der Waals surface area (Å²) in [5.41, 5.74) is 0. The minimum atomic E-state index is -1.77. The van der Waals surface area contributed by atoms with Crippen LogP contribution in [-0.2, 0) is 38.1 Å². The molecule has 3 aliphatic heterocycles. The average molecular weight is 628 g/mol. The van der Waals surface area contributed by atoms with Crippen LogP contribution in [0.1, 0.15) is 20.8 Å². The first-order chi connectivity index (χ1) is 20.2. The molecule has 3 aliphatic rings. The molecule has 0 bridgehead atoms. The molecular formula is C24H41N3O16. The fraction of sp³-hybridized carbons (Fsp3) is 0.875. The SMILES string of the molecule is CC(=O)N[C@@H]1[C@@H](O)[C@H](O[C@@H]2O[C@H](CO)[C@@H](O[C@@H]3O[C@H](CO)[C@@H](O)[C@H](O)[C@H]3NC(C)=O)[C@H](O)[C@H]2NC(C)=O)[C@H](CO)O[C@H]1O. The molecular weight excluding hydrogens is 586 g/mol. The van der Waals surface area contributed by atoms with Crippen molar-refractivity contribution in [2.24, 2.45) is 0 Å². The first kappa shape index (κ1) is 35.4. The van der Waals surface area contributed by atoms with Gasteiger partial charge in [-0.05, 0) is 0 Å². The summed E-state index contributed by atoms with van der Waals surface area (Å²) in [6.45, 7) is 0.995. The molecule has 0 saturated carbocycles. The molecule has 0 aromatic rings. The minimum Gasteiger partial charge on any atom is -0.394 e. The smallest absolute Gasteiger partial charge is 0.217 e. The van der Waals surface area contributed by atoms with Gasteiger partial charge in [-0.15, -0.1) is 0 Å². The molecule has 19 heteroatoms. The van der Waals surface area contributed by atoms with Crippen LogP contribution in [0.5, 0.6) is 0 Å². The number of aliphatic hydroxyl groups excluding tert-OH is 8. The molecule has 43 heavy (non-hydrogen) atoms. The van der Waals surface area contributed by atoms with Crippen LogP contribution in [-0.4, -0.2) is 170 Å². The van der Waals surface area contributed by atoms with E-state index >= 15 is 0 Å². The Morgan fingerprint density at radius 3 is 1.37 bits per heavy atom. The number of hydrogen-bond acceptors (Lipinski definition) is 16. The van der Waals surface area contributed by atoms with Gasteiger partial charge >= 0.3 is 0 Å². The summed E-state index contributed by atoms with van der Waals surface area (Å²) < 4.78 is 28.3. The Morgan fingerprint density at radius 1 is 0.558 bits per heavy atom. The van der Waals surface area contributed by atoms with E-state index in [-0.39, 0.29) is 0 Å². The predicted octanol–water partition coefficient (Wildman–Crippen LogP) is -7.14. The largest absolute Gasteiger partial charge is 0.394 e. The summed E-state index contributed by atoms with van der Waals surface area (Å²) in [4.78, 5) is 35.5. The first-order valence-electron chi connectivity index (χ1n) is 13.5. The number of hydrogen-bond donors (Lipinski definition) is 11. The van der Waals surface area contributed by atoms with Gasteiger partial charge < -0.3 is 80.5 Å². The zero-order valence-electron chi connectivity index (χ0n) is 23.6. The molecule has 248 valence electrons. The van der Waals surface area contributed by atoms with Crippen molar-refractivity contribution < 1.29 is 78.9 Å². The second kappa shape index (κ2) is 15.3. The molecule has 3 heterocycles. The molecule has 0 aromatic carbocycles. The zero-order valence-corrected chi connectivity index (χ0v) is 23.6. The standard InChI is InChI=1S/C24H41N3O16/c1-7(31)25-13-18(36)20(11(5-29)39-22(13)38)42-24-15(27-9(3)33)19(37)21(12(6-30)41-24)43-23-14(26-8(2)32)17(35)16(34)10(4-28)40-23/h10-24,28-30,34-38H,4-6H2,1-3H3,(H,25,31)(H,26,32)(H,27,33)/t10-,11+,12-,13-,14-,15-,16-,17-,18-,19-,20-,21-,22-,23+,24+/m1/s1. The van der Waals surface area contributed by atoms with Gasteiger partial charge in [-0.3, -0.25) is 14.4 Å². The van der Waals surface area contributed by atoms with Gasteiger partial charge in [-0.1, -0.05) is 0 Å². The van der Waals surface area contributed by atoms with Crippen LogP contribution < -0.4 is 16.0 Å². The number of ether oxygens (including phenoxy) is 5. The van der Waals surface area contributed by atoms with Crippen molar-refractivity contribution in [2.75, 3.05) is 19.8 Å². The van der Waals surface area contributed by atoms with Gasteiger partial charge in [0.1, 0.15) is 73.1 Å². The third-order valence-electron chi connectivity index (χ3n) is 7.30. The molecule has 15 atom stereocenters. The van der Waals surface area contributed by atoms with Crippen molar-refractivity contribution >= 4 is 17.7 Å². The number of amides is 3. The Morgan fingerprint density at radius 2 is 0.930 bits per heavy atom. The van der Waals surface area contributed by atoms with Crippen LogP contribution in [0.2, 0.25) is 0 Å². The van der Waals surface area contributed by atoms with Gasteiger partial charge in [0.15, 0.2) is 18.9 Å². The minimum absolute atomic E-state index is 0.628. The van der Waals surface area contributed by atoms with Crippen LogP contribution in [0, 0.1) is 0 Å². The second-order valence-corrected chi connectivity index (χ2v) is 10.5. The second-order valence-electron chi connectivity index (χ2n) is 10.5.